The number of rotatable bonds is 5. The van der Waals surface area contributed by atoms with Crippen molar-refractivity contribution in [3.8, 4) is 0 Å². The molecule has 0 saturated heterocycles. The number of amidine groups is 1. The van der Waals surface area contributed by atoms with Crippen LogP contribution in [0.15, 0.2) is 41.7 Å². The van der Waals surface area contributed by atoms with Crippen LogP contribution in [0.2, 0.25) is 0 Å². The first-order valence-electron chi connectivity index (χ1n) is 6.97. The molecular formula is C16H20N4O2. The van der Waals surface area contributed by atoms with Crippen molar-refractivity contribution in [1.29, 1.82) is 0 Å². The van der Waals surface area contributed by atoms with Gasteiger partial charge in [-0.05, 0) is 26.0 Å². The van der Waals surface area contributed by atoms with E-state index in [0.29, 0.717) is 0 Å². The number of nitrogens with zero attached hydrogens (tertiary/aromatic N) is 2. The third kappa shape index (κ3) is 3.94. The summed E-state index contributed by atoms with van der Waals surface area (Å²) in [6.45, 7) is 5.20. The number of pyridine rings is 1. The number of carbonyl (C=O) groups excluding carboxylic acids is 1. The van der Waals surface area contributed by atoms with Gasteiger partial charge in [-0.3, -0.25) is 9.78 Å². The number of para-hydroxylation sites is 1. The molecule has 2 rings (SSSR count). The van der Waals surface area contributed by atoms with Crippen molar-refractivity contribution in [2.24, 2.45) is 10.9 Å². The summed E-state index contributed by atoms with van der Waals surface area (Å²) in [6.07, 6.45) is 1.74. The molecule has 1 aromatic carbocycles. The Morgan fingerprint density at radius 1 is 1.41 bits per heavy atom. The highest BCUT2D eigenvalue weighted by molar-refractivity contribution is 5.92. The number of fused-ring (bicyclic) bond motifs is 1. The Morgan fingerprint density at radius 2 is 2.14 bits per heavy atom. The highest BCUT2D eigenvalue weighted by Gasteiger charge is 2.24. The fourth-order valence-corrected chi connectivity index (χ4v) is 1.99. The van der Waals surface area contributed by atoms with E-state index in [1.165, 1.54) is 6.92 Å². The van der Waals surface area contributed by atoms with Crippen molar-refractivity contribution in [2.45, 2.75) is 32.9 Å². The first kappa shape index (κ1) is 15.8. The van der Waals surface area contributed by atoms with Gasteiger partial charge in [-0.25, -0.2) is 0 Å². The minimum atomic E-state index is -0.756. The number of hydrogen-bond acceptors (Lipinski definition) is 4. The Kier molecular flexibility index (Phi) is 4.60. The molecule has 0 aliphatic rings. The van der Waals surface area contributed by atoms with Crippen LogP contribution in [0.5, 0.6) is 0 Å². The van der Waals surface area contributed by atoms with E-state index in [-0.39, 0.29) is 18.3 Å². The molecule has 0 aliphatic carbocycles. The van der Waals surface area contributed by atoms with Gasteiger partial charge in [0.2, 0.25) is 5.91 Å². The molecule has 0 atom stereocenters. The molecule has 0 fully saturated rings. The number of aromatic nitrogens is 1. The normalized spacial score (nSPS) is 12.2. The van der Waals surface area contributed by atoms with Gasteiger partial charge in [-0.2, -0.15) is 0 Å². The van der Waals surface area contributed by atoms with E-state index in [9.17, 15) is 4.79 Å². The number of amides is 1. The predicted octanol–water partition coefficient (Wildman–Crippen LogP) is 1.94. The minimum absolute atomic E-state index is 0.179. The lowest BCUT2D eigenvalue weighted by Crippen LogP contribution is -2.52. The maximum Gasteiger partial charge on any atom is 0.217 e. The maximum atomic E-state index is 11.1. The summed E-state index contributed by atoms with van der Waals surface area (Å²) in [5.41, 5.74) is 6.92. The van der Waals surface area contributed by atoms with Crippen molar-refractivity contribution in [3.05, 3.63) is 42.1 Å². The van der Waals surface area contributed by atoms with Crippen LogP contribution in [0.4, 0.5) is 0 Å². The lowest BCUT2D eigenvalue weighted by Gasteiger charge is -2.24. The molecule has 3 N–H and O–H groups in total. The van der Waals surface area contributed by atoms with E-state index < -0.39 is 5.54 Å². The molecule has 116 valence electrons. The third-order valence-corrected chi connectivity index (χ3v) is 3.17. The fraction of sp³-hybridized carbons (Fsp3) is 0.312. The Morgan fingerprint density at radius 3 is 2.86 bits per heavy atom. The average molecular weight is 300 g/mol. The summed E-state index contributed by atoms with van der Waals surface area (Å²) in [7, 11) is 0. The Balaban J connectivity index is 2.02. The third-order valence-electron chi connectivity index (χ3n) is 3.17. The fourth-order valence-electron chi connectivity index (χ4n) is 1.99. The molecule has 0 unspecified atom stereocenters. The molecule has 2 aromatic rings. The zero-order chi connectivity index (χ0) is 16.2. The zero-order valence-electron chi connectivity index (χ0n) is 13.0. The highest BCUT2D eigenvalue weighted by Crippen LogP contribution is 2.13. The van der Waals surface area contributed by atoms with Crippen molar-refractivity contribution in [2.75, 3.05) is 0 Å². The topological polar surface area (TPSA) is 89.6 Å². The second-order valence-corrected chi connectivity index (χ2v) is 5.59. The van der Waals surface area contributed by atoms with Crippen LogP contribution in [-0.2, 0) is 16.2 Å². The second kappa shape index (κ2) is 6.43. The van der Waals surface area contributed by atoms with Gasteiger partial charge in [0, 0.05) is 24.1 Å². The number of nitrogens with one attached hydrogen (secondary N) is 1. The largest absolute Gasteiger partial charge is 0.389 e. The van der Waals surface area contributed by atoms with Crippen molar-refractivity contribution < 1.29 is 9.63 Å². The molecule has 22 heavy (non-hydrogen) atoms. The number of benzene rings is 1. The molecule has 0 aliphatic heterocycles. The quantitative estimate of drug-likeness (QED) is 0.501. The van der Waals surface area contributed by atoms with Crippen molar-refractivity contribution >= 4 is 22.6 Å². The molecule has 1 heterocycles. The zero-order valence-corrected chi connectivity index (χ0v) is 13.0. The van der Waals surface area contributed by atoms with E-state index in [1.807, 2.05) is 30.3 Å². The number of oxime groups is 1. The van der Waals surface area contributed by atoms with Crippen LogP contribution in [0, 0.1) is 0 Å². The SMILES string of the molecule is CC(=O)NC(C)(C)/C(N)=N/OCc1cnc2ccccc2c1. The van der Waals surface area contributed by atoms with Gasteiger partial charge in [0.05, 0.1) is 11.1 Å². The van der Waals surface area contributed by atoms with E-state index in [4.69, 9.17) is 10.6 Å². The summed E-state index contributed by atoms with van der Waals surface area (Å²) in [6, 6.07) is 9.84. The first-order valence-corrected chi connectivity index (χ1v) is 6.97. The van der Waals surface area contributed by atoms with Crippen LogP contribution < -0.4 is 11.1 Å². The van der Waals surface area contributed by atoms with Gasteiger partial charge < -0.3 is 15.9 Å². The van der Waals surface area contributed by atoms with E-state index in [2.05, 4.69) is 15.5 Å². The minimum Gasteiger partial charge on any atom is -0.389 e. The molecule has 1 aromatic heterocycles. The molecule has 6 heteroatoms. The number of nitrogens with two attached hydrogens (primary N) is 1. The lowest BCUT2D eigenvalue weighted by molar-refractivity contribution is -0.119. The standard InChI is InChI=1S/C16H20N4O2/c1-11(21)19-16(2,3)15(17)20-22-10-12-8-13-6-4-5-7-14(13)18-9-12/h4-9H,10H2,1-3H3,(H2,17,20)(H,19,21). The molecule has 0 saturated carbocycles. The monoisotopic (exact) mass is 300 g/mol. The Hall–Kier alpha value is -2.63. The molecule has 0 bridgehead atoms. The lowest BCUT2D eigenvalue weighted by atomic mass is 10.0. The van der Waals surface area contributed by atoms with Crippen LogP contribution in [0.1, 0.15) is 26.3 Å². The van der Waals surface area contributed by atoms with Gasteiger partial charge >= 0.3 is 0 Å². The van der Waals surface area contributed by atoms with Crippen LogP contribution >= 0.6 is 0 Å². The van der Waals surface area contributed by atoms with Crippen LogP contribution in [0.3, 0.4) is 0 Å². The second-order valence-electron chi connectivity index (χ2n) is 5.59. The summed E-state index contributed by atoms with van der Waals surface area (Å²) < 4.78 is 0. The van der Waals surface area contributed by atoms with Gasteiger partial charge in [-0.1, -0.05) is 23.4 Å². The number of carbonyl (C=O) groups is 1. The van der Waals surface area contributed by atoms with Crippen LogP contribution in [0.25, 0.3) is 10.9 Å². The summed E-state index contributed by atoms with van der Waals surface area (Å²) in [5, 5.41) is 7.62. The van der Waals surface area contributed by atoms with Crippen molar-refractivity contribution in [1.82, 2.24) is 10.3 Å². The molecule has 6 nitrogen and oxygen atoms in total. The average Bonchev–Trinajstić information content (AvgIpc) is 2.45. The highest BCUT2D eigenvalue weighted by atomic mass is 16.6. The Bertz CT molecular complexity index is 710. The van der Waals surface area contributed by atoms with Gasteiger partial charge in [0.15, 0.2) is 5.84 Å². The van der Waals surface area contributed by atoms with E-state index in [1.54, 1.807) is 20.0 Å². The van der Waals surface area contributed by atoms with Gasteiger partial charge in [0.25, 0.3) is 0 Å². The molecule has 0 spiro atoms. The van der Waals surface area contributed by atoms with E-state index >= 15 is 0 Å². The van der Waals surface area contributed by atoms with Crippen LogP contribution in [-0.4, -0.2) is 22.3 Å². The summed E-state index contributed by atoms with van der Waals surface area (Å²) >= 11 is 0. The number of hydrogen-bond donors (Lipinski definition) is 2. The molecule has 0 radical (unpaired) electrons. The predicted molar refractivity (Wildman–Crippen MR) is 86.1 cm³/mol. The smallest absolute Gasteiger partial charge is 0.217 e. The molecular weight excluding hydrogens is 280 g/mol. The Labute approximate surface area is 129 Å². The summed E-state index contributed by atoms with van der Waals surface area (Å²) in [5.74, 6) is 0.0262. The van der Waals surface area contributed by atoms with Crippen molar-refractivity contribution in [3.63, 3.8) is 0 Å². The first-order chi connectivity index (χ1) is 10.4. The van der Waals surface area contributed by atoms with E-state index in [0.717, 1.165) is 16.5 Å². The molecule has 1 amide bonds. The van der Waals surface area contributed by atoms with Gasteiger partial charge in [0.1, 0.15) is 6.61 Å². The van der Waals surface area contributed by atoms with Gasteiger partial charge in [-0.15, -0.1) is 0 Å². The summed E-state index contributed by atoms with van der Waals surface area (Å²) in [4.78, 5) is 20.7. The maximum absolute atomic E-state index is 11.1.